The van der Waals surface area contributed by atoms with Crippen molar-refractivity contribution in [2.24, 2.45) is 0 Å². The van der Waals surface area contributed by atoms with Gasteiger partial charge in [-0.2, -0.15) is 13.2 Å². The van der Waals surface area contributed by atoms with E-state index in [2.05, 4.69) is 15.3 Å². The van der Waals surface area contributed by atoms with Crippen molar-refractivity contribution in [2.75, 3.05) is 11.9 Å². The van der Waals surface area contributed by atoms with Gasteiger partial charge in [-0.05, 0) is 43.0 Å². The predicted molar refractivity (Wildman–Crippen MR) is 120 cm³/mol. The van der Waals surface area contributed by atoms with Crippen molar-refractivity contribution >= 4 is 22.9 Å². The smallest absolute Gasteiger partial charge is 0.396 e. The molecule has 0 atom stereocenters. The minimum atomic E-state index is -4.45. The quantitative estimate of drug-likeness (QED) is 0.541. The summed E-state index contributed by atoms with van der Waals surface area (Å²) in [4.78, 5) is 14.0. The molecular formula is C23H21F3N4OS. The molecular weight excluding hydrogens is 437 g/mol. The van der Waals surface area contributed by atoms with Gasteiger partial charge < -0.3 is 10.4 Å². The van der Waals surface area contributed by atoms with Crippen molar-refractivity contribution in [1.29, 1.82) is 0 Å². The summed E-state index contributed by atoms with van der Waals surface area (Å²) in [6, 6.07) is 5.58. The van der Waals surface area contributed by atoms with Gasteiger partial charge in [0.1, 0.15) is 5.82 Å². The third-order valence-electron chi connectivity index (χ3n) is 5.36. The summed E-state index contributed by atoms with van der Waals surface area (Å²) >= 11 is 5.31. The molecule has 2 N–H and O–H groups in total. The summed E-state index contributed by atoms with van der Waals surface area (Å²) in [5, 5.41) is 12.0. The molecule has 0 radical (unpaired) electrons. The number of halogens is 3. The highest BCUT2D eigenvalue weighted by molar-refractivity contribution is 7.80. The second-order valence-corrected chi connectivity index (χ2v) is 8.23. The fourth-order valence-electron chi connectivity index (χ4n) is 3.69. The van der Waals surface area contributed by atoms with Crippen LogP contribution in [0.15, 0.2) is 36.7 Å². The van der Waals surface area contributed by atoms with Crippen molar-refractivity contribution in [3.05, 3.63) is 70.4 Å². The summed E-state index contributed by atoms with van der Waals surface area (Å²) in [7, 11) is 0. The number of benzene rings is 1. The summed E-state index contributed by atoms with van der Waals surface area (Å²) < 4.78 is 39.6. The Morgan fingerprint density at radius 2 is 1.97 bits per heavy atom. The molecule has 9 heteroatoms. The Balaban J connectivity index is 1.72. The molecule has 1 aliphatic heterocycles. The van der Waals surface area contributed by atoms with Gasteiger partial charge in [0.15, 0.2) is 0 Å². The molecule has 0 saturated carbocycles. The minimum Gasteiger partial charge on any atom is -0.396 e. The lowest BCUT2D eigenvalue weighted by atomic mass is 10.0. The second kappa shape index (κ2) is 8.91. The van der Waals surface area contributed by atoms with E-state index in [4.69, 9.17) is 22.3 Å². The van der Waals surface area contributed by atoms with Gasteiger partial charge >= 0.3 is 6.18 Å². The van der Waals surface area contributed by atoms with Gasteiger partial charge in [-0.3, -0.25) is 4.98 Å². The number of nitrogens with zero attached hydrogens (tertiary/aromatic N) is 3. The molecule has 2 aromatic heterocycles. The van der Waals surface area contributed by atoms with Crippen LogP contribution in [0.5, 0.6) is 0 Å². The van der Waals surface area contributed by atoms with Crippen LogP contribution in [0, 0.1) is 6.92 Å². The average molecular weight is 459 g/mol. The zero-order valence-electron chi connectivity index (χ0n) is 17.3. The standard InChI is InChI=1S/C23H21F3N4OS/c1-13-15(7-14(11-27-13)3-2-6-31)8-20-28-12-16-9-21(32)29-19-10-17(23(24,25)26)4-5-18(19)22(16)30-20/h4-5,7,10-12,31H,2-3,6,8-9H2,1H3,(H,29,32). The van der Waals surface area contributed by atoms with Crippen molar-refractivity contribution in [1.82, 2.24) is 15.0 Å². The lowest BCUT2D eigenvalue weighted by Gasteiger charge is -2.13. The van der Waals surface area contributed by atoms with Gasteiger partial charge in [-0.1, -0.05) is 24.4 Å². The molecule has 3 aromatic rings. The molecule has 166 valence electrons. The number of aliphatic hydroxyl groups is 1. The largest absolute Gasteiger partial charge is 0.416 e. The number of pyridine rings is 1. The molecule has 0 unspecified atom stereocenters. The van der Waals surface area contributed by atoms with Crippen LogP contribution in [0.25, 0.3) is 11.3 Å². The molecule has 0 spiro atoms. The van der Waals surface area contributed by atoms with Crippen molar-refractivity contribution in [2.45, 2.75) is 38.8 Å². The van der Waals surface area contributed by atoms with E-state index in [0.29, 0.717) is 41.3 Å². The number of rotatable bonds is 5. The van der Waals surface area contributed by atoms with Crippen LogP contribution in [0.3, 0.4) is 0 Å². The van der Waals surface area contributed by atoms with Gasteiger partial charge in [0.2, 0.25) is 0 Å². The Labute approximate surface area is 188 Å². The highest BCUT2D eigenvalue weighted by Gasteiger charge is 2.32. The third kappa shape index (κ3) is 4.78. The summed E-state index contributed by atoms with van der Waals surface area (Å²) in [6.07, 6.45) is 1.20. The van der Waals surface area contributed by atoms with E-state index >= 15 is 0 Å². The topological polar surface area (TPSA) is 70.9 Å². The van der Waals surface area contributed by atoms with Crippen molar-refractivity contribution < 1.29 is 18.3 Å². The Hall–Kier alpha value is -2.91. The summed E-state index contributed by atoms with van der Waals surface area (Å²) in [5.74, 6) is 0.548. The first-order valence-electron chi connectivity index (χ1n) is 10.2. The van der Waals surface area contributed by atoms with E-state index in [0.717, 1.165) is 40.9 Å². The number of alkyl halides is 3. The Morgan fingerprint density at radius 1 is 1.16 bits per heavy atom. The molecule has 1 aromatic carbocycles. The molecule has 3 heterocycles. The molecule has 1 aliphatic rings. The van der Waals surface area contributed by atoms with Crippen LogP contribution in [0.1, 0.15) is 40.2 Å². The average Bonchev–Trinajstić information content (AvgIpc) is 2.88. The summed E-state index contributed by atoms with van der Waals surface area (Å²) in [6.45, 7) is 2.02. The van der Waals surface area contributed by atoms with Gasteiger partial charge in [0.05, 0.1) is 16.2 Å². The van der Waals surface area contributed by atoms with E-state index in [1.807, 2.05) is 13.0 Å². The molecule has 4 rings (SSSR count). The first kappa shape index (κ1) is 22.3. The van der Waals surface area contributed by atoms with Gasteiger partial charge in [-0.25, -0.2) is 9.97 Å². The number of anilines is 1. The molecule has 0 saturated heterocycles. The first-order chi connectivity index (χ1) is 15.2. The number of hydrogen-bond donors (Lipinski definition) is 2. The molecule has 0 aliphatic carbocycles. The fraction of sp³-hybridized carbons (Fsp3) is 0.304. The van der Waals surface area contributed by atoms with Crippen LogP contribution in [-0.4, -0.2) is 31.7 Å². The molecule has 0 bridgehead atoms. The minimum absolute atomic E-state index is 0.114. The molecule has 5 nitrogen and oxygen atoms in total. The predicted octanol–water partition coefficient (Wildman–Crippen LogP) is 4.68. The van der Waals surface area contributed by atoms with Crippen molar-refractivity contribution in [3.63, 3.8) is 0 Å². The zero-order valence-corrected chi connectivity index (χ0v) is 18.1. The van der Waals surface area contributed by atoms with Crippen LogP contribution < -0.4 is 5.32 Å². The number of aliphatic hydroxyl groups excluding tert-OH is 1. The summed E-state index contributed by atoms with van der Waals surface area (Å²) in [5.41, 5.74) is 4.29. The van der Waals surface area contributed by atoms with Crippen LogP contribution in [0.2, 0.25) is 0 Å². The SMILES string of the molecule is Cc1ncc(CCCO)cc1Cc1ncc2c(n1)-c1ccc(C(F)(F)F)cc1NC(=S)C2. The second-order valence-electron chi connectivity index (χ2n) is 7.74. The third-order valence-corrected chi connectivity index (χ3v) is 5.61. The van der Waals surface area contributed by atoms with E-state index in [9.17, 15) is 13.2 Å². The molecule has 0 fully saturated rings. The first-order valence-corrected chi connectivity index (χ1v) is 10.6. The van der Waals surface area contributed by atoms with Crippen molar-refractivity contribution in [3.8, 4) is 11.3 Å². The number of aryl methyl sites for hydroxylation is 2. The van der Waals surface area contributed by atoms with Gasteiger partial charge in [0.25, 0.3) is 0 Å². The van der Waals surface area contributed by atoms with Gasteiger partial charge in [-0.15, -0.1) is 0 Å². The van der Waals surface area contributed by atoms with Crippen LogP contribution in [-0.2, 0) is 25.4 Å². The van der Waals surface area contributed by atoms with E-state index < -0.39 is 11.7 Å². The monoisotopic (exact) mass is 458 g/mol. The number of aromatic nitrogens is 3. The lowest BCUT2D eigenvalue weighted by Crippen LogP contribution is -2.12. The highest BCUT2D eigenvalue weighted by atomic mass is 32.1. The normalized spacial score (nSPS) is 13.2. The maximum absolute atomic E-state index is 13.2. The fourth-order valence-corrected chi connectivity index (χ4v) is 3.95. The van der Waals surface area contributed by atoms with E-state index in [1.54, 1.807) is 12.4 Å². The molecule has 0 amide bonds. The maximum atomic E-state index is 13.2. The van der Waals surface area contributed by atoms with Crippen LogP contribution >= 0.6 is 12.2 Å². The maximum Gasteiger partial charge on any atom is 0.416 e. The number of hydrogen-bond acceptors (Lipinski definition) is 5. The Kier molecular flexibility index (Phi) is 6.21. The number of thiocarbonyl (C=S) groups is 1. The van der Waals surface area contributed by atoms with E-state index in [1.165, 1.54) is 6.07 Å². The Morgan fingerprint density at radius 3 is 2.72 bits per heavy atom. The van der Waals surface area contributed by atoms with Crippen LogP contribution in [0.4, 0.5) is 18.9 Å². The lowest BCUT2D eigenvalue weighted by molar-refractivity contribution is -0.137. The Bertz CT molecular complexity index is 1180. The number of fused-ring (bicyclic) bond motifs is 3. The van der Waals surface area contributed by atoms with E-state index in [-0.39, 0.29) is 12.3 Å². The highest BCUT2D eigenvalue weighted by Crippen LogP contribution is 2.38. The van der Waals surface area contributed by atoms with Gasteiger partial charge in [0, 0.05) is 54.4 Å². The number of nitrogens with one attached hydrogen (secondary N) is 1. The molecule has 32 heavy (non-hydrogen) atoms. The zero-order chi connectivity index (χ0) is 22.9.